The summed E-state index contributed by atoms with van der Waals surface area (Å²) in [5.41, 5.74) is 1.96. The number of imidazole rings is 1. The van der Waals surface area contributed by atoms with E-state index in [1.165, 1.54) is 0 Å². The van der Waals surface area contributed by atoms with Gasteiger partial charge in [0.15, 0.2) is 0 Å². The predicted molar refractivity (Wildman–Crippen MR) is 109 cm³/mol. The molecule has 1 unspecified atom stereocenters. The molecule has 2 saturated heterocycles. The Bertz CT molecular complexity index is 889. The van der Waals surface area contributed by atoms with E-state index in [2.05, 4.69) is 11.5 Å². The Hall–Kier alpha value is -1.70. The van der Waals surface area contributed by atoms with Gasteiger partial charge in [0.1, 0.15) is 5.82 Å². The van der Waals surface area contributed by atoms with Gasteiger partial charge in [-0.15, -0.1) is 0 Å². The first-order chi connectivity index (χ1) is 13.5. The van der Waals surface area contributed by atoms with E-state index in [4.69, 9.17) is 9.72 Å². The molecule has 1 atom stereocenters. The zero-order valence-electron chi connectivity index (χ0n) is 16.5. The maximum Gasteiger partial charge on any atom is 0.218 e. The van der Waals surface area contributed by atoms with Crippen LogP contribution in [0.1, 0.15) is 54.7 Å². The van der Waals surface area contributed by atoms with Crippen LogP contribution in [0.3, 0.4) is 0 Å². The molecule has 0 aliphatic carbocycles. The molecule has 1 aromatic carbocycles. The van der Waals surface area contributed by atoms with Gasteiger partial charge in [0.2, 0.25) is 10.0 Å². The maximum absolute atomic E-state index is 13.0. The number of aromatic nitrogens is 2. The SMILES string of the molecule is Cc1cnc(C2CCOCC2)n1C1CCCN(S(=O)(=O)Cc2ccccc2)C1. The number of hydrogen-bond donors (Lipinski definition) is 0. The minimum absolute atomic E-state index is 0.0658. The summed E-state index contributed by atoms with van der Waals surface area (Å²) in [6.45, 7) is 4.76. The fourth-order valence-corrected chi connectivity index (χ4v) is 6.06. The van der Waals surface area contributed by atoms with Gasteiger partial charge in [0.25, 0.3) is 0 Å². The number of rotatable bonds is 5. The fourth-order valence-electron chi connectivity index (χ4n) is 4.46. The van der Waals surface area contributed by atoms with Gasteiger partial charge < -0.3 is 9.30 Å². The lowest BCUT2D eigenvalue weighted by atomic mass is 9.98. The number of nitrogens with zero attached hydrogens (tertiary/aromatic N) is 3. The molecule has 3 heterocycles. The number of ether oxygens (including phenoxy) is 1. The smallest absolute Gasteiger partial charge is 0.218 e. The standard InChI is InChI=1S/C21H29N3O3S/c1-17-14-22-21(19-9-12-27-13-10-19)24(17)20-8-5-11-23(15-20)28(25,26)16-18-6-3-2-4-7-18/h2-4,6-7,14,19-20H,5,8-13,15-16H2,1H3. The second-order valence-corrected chi connectivity index (χ2v) is 9.88. The van der Waals surface area contributed by atoms with E-state index in [1.54, 1.807) is 4.31 Å². The molecule has 28 heavy (non-hydrogen) atoms. The summed E-state index contributed by atoms with van der Waals surface area (Å²) < 4.78 is 35.5. The highest BCUT2D eigenvalue weighted by Gasteiger charge is 2.32. The van der Waals surface area contributed by atoms with Gasteiger partial charge >= 0.3 is 0 Å². The lowest BCUT2D eigenvalue weighted by Crippen LogP contribution is -2.42. The van der Waals surface area contributed by atoms with Crippen molar-refractivity contribution in [1.29, 1.82) is 0 Å². The number of benzene rings is 1. The van der Waals surface area contributed by atoms with Gasteiger partial charge in [-0.25, -0.2) is 13.4 Å². The van der Waals surface area contributed by atoms with Crippen LogP contribution in [-0.4, -0.2) is 48.6 Å². The Morgan fingerprint density at radius 3 is 2.64 bits per heavy atom. The Morgan fingerprint density at radius 2 is 1.89 bits per heavy atom. The second-order valence-electron chi connectivity index (χ2n) is 7.91. The molecule has 2 fully saturated rings. The first-order valence-electron chi connectivity index (χ1n) is 10.2. The summed E-state index contributed by atoms with van der Waals surface area (Å²) in [6, 6.07) is 9.59. The largest absolute Gasteiger partial charge is 0.381 e. The number of aryl methyl sites for hydroxylation is 1. The van der Waals surface area contributed by atoms with Gasteiger partial charge in [-0.2, -0.15) is 4.31 Å². The first-order valence-corrected chi connectivity index (χ1v) is 11.8. The van der Waals surface area contributed by atoms with Crippen LogP contribution in [0.2, 0.25) is 0 Å². The monoisotopic (exact) mass is 403 g/mol. The Labute approximate surface area is 167 Å². The summed E-state index contributed by atoms with van der Waals surface area (Å²) >= 11 is 0. The van der Waals surface area contributed by atoms with E-state index in [1.807, 2.05) is 36.5 Å². The Kier molecular flexibility index (Phi) is 5.85. The van der Waals surface area contributed by atoms with Gasteiger partial charge in [0.05, 0.1) is 5.75 Å². The van der Waals surface area contributed by atoms with E-state index in [0.717, 1.165) is 56.0 Å². The lowest BCUT2D eigenvalue weighted by molar-refractivity contribution is 0.0819. The first kappa shape index (κ1) is 19.6. The highest BCUT2D eigenvalue weighted by atomic mass is 32.2. The molecule has 2 aliphatic heterocycles. The van der Waals surface area contributed by atoms with Crippen LogP contribution in [0.15, 0.2) is 36.5 Å². The molecule has 0 saturated carbocycles. The molecule has 0 bridgehead atoms. The van der Waals surface area contributed by atoms with Crippen molar-refractivity contribution in [3.8, 4) is 0 Å². The van der Waals surface area contributed by atoms with Crippen molar-refractivity contribution in [1.82, 2.24) is 13.9 Å². The van der Waals surface area contributed by atoms with Gasteiger partial charge in [-0.05, 0) is 38.2 Å². The summed E-state index contributed by atoms with van der Waals surface area (Å²) in [5, 5.41) is 0. The molecular formula is C21H29N3O3S. The number of sulfonamides is 1. The Morgan fingerprint density at radius 1 is 1.14 bits per heavy atom. The van der Waals surface area contributed by atoms with Crippen LogP contribution in [0.25, 0.3) is 0 Å². The Balaban J connectivity index is 1.53. The minimum Gasteiger partial charge on any atom is -0.381 e. The van der Waals surface area contributed by atoms with Crippen molar-refractivity contribution < 1.29 is 13.2 Å². The van der Waals surface area contributed by atoms with Crippen LogP contribution in [0.5, 0.6) is 0 Å². The molecule has 152 valence electrons. The molecule has 0 N–H and O–H groups in total. The highest BCUT2D eigenvalue weighted by molar-refractivity contribution is 7.88. The summed E-state index contributed by atoms with van der Waals surface area (Å²) in [6.07, 6.45) is 5.77. The summed E-state index contributed by atoms with van der Waals surface area (Å²) in [5.74, 6) is 1.57. The molecule has 1 aromatic heterocycles. The lowest BCUT2D eigenvalue weighted by Gasteiger charge is -2.35. The third-order valence-corrected chi connectivity index (χ3v) is 7.72. The quantitative estimate of drug-likeness (QED) is 0.769. The van der Waals surface area contributed by atoms with Gasteiger partial charge in [-0.3, -0.25) is 0 Å². The minimum atomic E-state index is -3.33. The molecular weight excluding hydrogens is 374 g/mol. The van der Waals surface area contributed by atoms with E-state index in [-0.39, 0.29) is 11.8 Å². The van der Waals surface area contributed by atoms with Crippen molar-refractivity contribution in [3.63, 3.8) is 0 Å². The maximum atomic E-state index is 13.0. The van der Waals surface area contributed by atoms with E-state index in [0.29, 0.717) is 19.0 Å². The predicted octanol–water partition coefficient (Wildman–Crippen LogP) is 3.25. The van der Waals surface area contributed by atoms with Crippen LogP contribution in [-0.2, 0) is 20.5 Å². The van der Waals surface area contributed by atoms with Crippen LogP contribution in [0, 0.1) is 6.92 Å². The molecule has 0 spiro atoms. The molecule has 0 amide bonds. The third kappa shape index (κ3) is 4.16. The molecule has 0 radical (unpaired) electrons. The number of piperidine rings is 1. The molecule has 7 heteroatoms. The van der Waals surface area contributed by atoms with Gasteiger partial charge in [-0.1, -0.05) is 30.3 Å². The van der Waals surface area contributed by atoms with Gasteiger partial charge in [0, 0.05) is 50.2 Å². The molecule has 6 nitrogen and oxygen atoms in total. The van der Waals surface area contributed by atoms with E-state index < -0.39 is 10.0 Å². The van der Waals surface area contributed by atoms with Crippen LogP contribution >= 0.6 is 0 Å². The average molecular weight is 404 g/mol. The highest BCUT2D eigenvalue weighted by Crippen LogP contribution is 2.33. The van der Waals surface area contributed by atoms with Crippen molar-refractivity contribution in [2.75, 3.05) is 26.3 Å². The third-order valence-electron chi connectivity index (χ3n) is 5.91. The summed E-state index contributed by atoms with van der Waals surface area (Å²) in [7, 11) is -3.33. The zero-order chi connectivity index (χ0) is 19.6. The van der Waals surface area contributed by atoms with E-state index in [9.17, 15) is 8.42 Å². The van der Waals surface area contributed by atoms with Crippen molar-refractivity contribution in [2.24, 2.45) is 0 Å². The number of hydrogen-bond acceptors (Lipinski definition) is 4. The molecule has 2 aromatic rings. The van der Waals surface area contributed by atoms with Crippen molar-refractivity contribution in [3.05, 3.63) is 53.6 Å². The molecule has 4 rings (SSSR count). The van der Waals surface area contributed by atoms with Crippen molar-refractivity contribution in [2.45, 2.75) is 50.3 Å². The fraction of sp³-hybridized carbons (Fsp3) is 0.571. The average Bonchev–Trinajstić information content (AvgIpc) is 3.11. The van der Waals surface area contributed by atoms with Crippen LogP contribution in [0.4, 0.5) is 0 Å². The summed E-state index contributed by atoms with van der Waals surface area (Å²) in [4.78, 5) is 4.71. The normalized spacial score (nSPS) is 22.4. The van der Waals surface area contributed by atoms with E-state index >= 15 is 0 Å². The topological polar surface area (TPSA) is 64.4 Å². The van der Waals surface area contributed by atoms with Crippen molar-refractivity contribution >= 4 is 10.0 Å². The second kappa shape index (κ2) is 8.35. The molecule has 2 aliphatic rings. The zero-order valence-corrected chi connectivity index (χ0v) is 17.3. The van der Waals surface area contributed by atoms with Crippen LogP contribution < -0.4 is 0 Å².